The third-order valence-electron chi connectivity index (χ3n) is 4.27. The minimum absolute atomic E-state index is 0.244. The first kappa shape index (κ1) is 15.5. The zero-order valence-electron chi connectivity index (χ0n) is 13.4. The number of aryl methyl sites for hydroxylation is 1. The summed E-state index contributed by atoms with van der Waals surface area (Å²) >= 11 is 6.14. The molecule has 2 N–H and O–H groups in total. The Morgan fingerprint density at radius 2 is 2.20 bits per heavy atom. The van der Waals surface area contributed by atoms with Crippen LogP contribution < -0.4 is 5.73 Å². The molecule has 0 saturated heterocycles. The van der Waals surface area contributed by atoms with Gasteiger partial charge >= 0.3 is 0 Å². The van der Waals surface area contributed by atoms with Crippen molar-refractivity contribution in [1.82, 2.24) is 4.57 Å². The van der Waals surface area contributed by atoms with Crippen molar-refractivity contribution in [3.8, 4) is 5.69 Å². The monoisotopic (exact) mass is 352 g/mol. The van der Waals surface area contributed by atoms with Crippen LogP contribution in [0.5, 0.6) is 0 Å². The molecule has 0 spiro atoms. The zero-order chi connectivity index (χ0) is 17.6. The van der Waals surface area contributed by atoms with E-state index in [-0.39, 0.29) is 6.04 Å². The van der Waals surface area contributed by atoms with E-state index in [4.69, 9.17) is 17.3 Å². The number of amides is 1. The number of halogens is 1. The quantitative estimate of drug-likeness (QED) is 0.843. The van der Waals surface area contributed by atoms with Crippen LogP contribution in [0.1, 0.15) is 27.7 Å². The van der Waals surface area contributed by atoms with Crippen molar-refractivity contribution in [3.05, 3.63) is 76.4 Å². The number of fused-ring (bicyclic) bond motifs is 1. The van der Waals surface area contributed by atoms with Crippen LogP contribution in [-0.4, -0.2) is 21.5 Å². The number of benzene rings is 1. The molecule has 25 heavy (non-hydrogen) atoms. The van der Waals surface area contributed by atoms with Crippen molar-refractivity contribution in [2.45, 2.75) is 13.0 Å². The van der Waals surface area contributed by atoms with E-state index in [1.165, 1.54) is 6.34 Å². The highest BCUT2D eigenvalue weighted by molar-refractivity contribution is 6.30. The number of nitrogens with two attached hydrogens (primary N) is 1. The van der Waals surface area contributed by atoms with Crippen LogP contribution in [0.15, 0.2) is 64.6 Å². The van der Waals surface area contributed by atoms with Crippen LogP contribution in [0, 0.1) is 6.92 Å². The molecule has 2 aromatic rings. The first-order chi connectivity index (χ1) is 12.0. The number of hydrogen-bond donors (Lipinski definition) is 1. The third kappa shape index (κ3) is 2.60. The Kier molecular flexibility index (Phi) is 3.62. The average molecular weight is 353 g/mol. The van der Waals surface area contributed by atoms with Crippen molar-refractivity contribution in [2.75, 3.05) is 0 Å². The van der Waals surface area contributed by atoms with Gasteiger partial charge in [-0.1, -0.05) is 22.4 Å². The normalized spacial score (nSPS) is 18.1. The molecule has 1 amide bonds. The van der Waals surface area contributed by atoms with E-state index < -0.39 is 5.91 Å². The maximum Gasteiger partial charge on any atom is 0.265 e. The van der Waals surface area contributed by atoms with Gasteiger partial charge in [-0.25, -0.2) is 4.99 Å². The molecule has 6 nitrogen and oxygen atoms in total. The molecular formula is C18H15ClN5O+. The summed E-state index contributed by atoms with van der Waals surface area (Å²) in [4.78, 5) is 16.4. The molecule has 0 saturated carbocycles. The molecule has 0 fully saturated rings. The Balaban J connectivity index is 1.85. The highest BCUT2D eigenvalue weighted by Gasteiger charge is 2.32. The number of carbonyl (C=O) groups excluding carboxylic acids is 1. The van der Waals surface area contributed by atoms with Gasteiger partial charge < -0.3 is 10.3 Å². The number of allylic oxidation sites excluding steroid dienone is 2. The van der Waals surface area contributed by atoms with Crippen LogP contribution in [0.2, 0.25) is 5.02 Å². The van der Waals surface area contributed by atoms with E-state index in [2.05, 4.69) is 10.1 Å². The van der Waals surface area contributed by atoms with E-state index in [1.54, 1.807) is 15.3 Å². The Labute approximate surface area is 149 Å². The molecule has 1 aromatic carbocycles. The summed E-state index contributed by atoms with van der Waals surface area (Å²) in [5, 5.41) is 4.78. The van der Waals surface area contributed by atoms with Gasteiger partial charge in [0.2, 0.25) is 11.9 Å². The largest absolute Gasteiger partial charge is 0.364 e. The van der Waals surface area contributed by atoms with Crippen molar-refractivity contribution < 1.29 is 9.49 Å². The summed E-state index contributed by atoms with van der Waals surface area (Å²) in [5.74, 6) is -0.509. The molecule has 7 heteroatoms. The molecule has 1 aromatic heterocycles. The molecule has 0 radical (unpaired) electrons. The minimum Gasteiger partial charge on any atom is -0.364 e. The standard InChI is InChI=1S/C18H14ClN5O/c1-11-4-5-13(19)8-15(11)23-9-12(7-16(23)18(20)25)17-14-3-2-6-24(14)22-10-21-17/h2-10,17H,1H3,(H-,20,25)/p+1. The fourth-order valence-electron chi connectivity index (χ4n) is 3.06. The maximum atomic E-state index is 12.0. The summed E-state index contributed by atoms with van der Waals surface area (Å²) in [6.45, 7) is 1.96. The molecule has 2 aliphatic rings. The molecule has 124 valence electrons. The number of hydrogen-bond acceptors (Lipinski definition) is 3. The predicted molar refractivity (Wildman–Crippen MR) is 95.2 cm³/mol. The fraction of sp³-hybridized carbons (Fsp3) is 0.111. The summed E-state index contributed by atoms with van der Waals surface area (Å²) < 4.78 is 3.54. The Morgan fingerprint density at radius 3 is 3.00 bits per heavy atom. The number of rotatable bonds is 3. The third-order valence-corrected chi connectivity index (χ3v) is 4.51. The van der Waals surface area contributed by atoms with Gasteiger partial charge in [0, 0.05) is 34.0 Å². The number of azo groups is 2. The van der Waals surface area contributed by atoms with Crippen molar-refractivity contribution >= 4 is 23.8 Å². The topological polar surface area (TPSA) is 75.8 Å². The van der Waals surface area contributed by atoms with Crippen LogP contribution in [0.3, 0.4) is 0 Å². The summed E-state index contributed by atoms with van der Waals surface area (Å²) in [6.07, 6.45) is 9.12. The molecule has 4 rings (SSSR count). The molecule has 0 bridgehead atoms. The second-order valence-corrected chi connectivity index (χ2v) is 6.32. The number of aromatic nitrogens is 1. The lowest BCUT2D eigenvalue weighted by Gasteiger charge is -2.11. The lowest BCUT2D eigenvalue weighted by Crippen LogP contribution is -2.16. The maximum absolute atomic E-state index is 12.0. The van der Waals surface area contributed by atoms with Gasteiger partial charge in [0.15, 0.2) is 12.4 Å². The minimum atomic E-state index is -0.509. The molecular weight excluding hydrogens is 338 g/mol. The summed E-state index contributed by atoms with van der Waals surface area (Å²) in [5.41, 5.74) is 9.58. The average Bonchev–Trinajstić information content (AvgIpc) is 3.23. The van der Waals surface area contributed by atoms with Crippen molar-refractivity contribution in [2.24, 2.45) is 15.8 Å². The molecule has 2 aliphatic heterocycles. The number of primary amides is 1. The Morgan fingerprint density at radius 1 is 1.36 bits per heavy atom. The van der Waals surface area contributed by atoms with Gasteiger partial charge in [-0.05, 0) is 30.7 Å². The van der Waals surface area contributed by atoms with Gasteiger partial charge in [-0.15, -0.1) is 0 Å². The van der Waals surface area contributed by atoms with Crippen LogP contribution in [-0.2, 0) is 0 Å². The number of aliphatic imine (C=N–C) groups is 1. The summed E-state index contributed by atoms with van der Waals surface area (Å²) in [7, 11) is 0. The molecule has 3 heterocycles. The van der Waals surface area contributed by atoms with E-state index in [0.717, 1.165) is 22.5 Å². The molecule has 0 aliphatic carbocycles. The first-order valence-electron chi connectivity index (χ1n) is 7.73. The van der Waals surface area contributed by atoms with E-state index >= 15 is 0 Å². The second-order valence-electron chi connectivity index (χ2n) is 5.88. The lowest BCUT2D eigenvalue weighted by molar-refractivity contribution is -0.472. The summed E-state index contributed by atoms with van der Waals surface area (Å²) in [6, 6.07) is 7.06. The van der Waals surface area contributed by atoms with Gasteiger partial charge in [0.25, 0.3) is 5.91 Å². The smallest absolute Gasteiger partial charge is 0.265 e. The first-order valence-corrected chi connectivity index (χ1v) is 8.11. The van der Waals surface area contributed by atoms with Gasteiger partial charge in [-0.3, -0.25) is 4.79 Å². The predicted octanol–water partition coefficient (Wildman–Crippen LogP) is 3.50. The Bertz CT molecular complexity index is 1010. The fourth-order valence-corrected chi connectivity index (χ4v) is 3.22. The number of carbonyl (C=O) groups is 1. The highest BCUT2D eigenvalue weighted by Crippen LogP contribution is 2.33. The number of nitrogens with zero attached hydrogens (tertiary/aromatic N) is 4. The van der Waals surface area contributed by atoms with Crippen molar-refractivity contribution in [3.63, 3.8) is 0 Å². The lowest BCUT2D eigenvalue weighted by atomic mass is 10.1. The second kappa shape index (κ2) is 5.82. The van der Waals surface area contributed by atoms with Gasteiger partial charge in [0.1, 0.15) is 5.69 Å². The SMILES string of the molecule is Cc1ccc(Cl)cc1-n1cc(C2N=CN=[N+]3C=CC=C23)cc1C(N)=O. The van der Waals surface area contributed by atoms with Crippen LogP contribution >= 0.6 is 11.6 Å². The Hall–Kier alpha value is -2.99. The van der Waals surface area contributed by atoms with Crippen molar-refractivity contribution in [1.29, 1.82) is 0 Å². The highest BCUT2D eigenvalue weighted by atomic mass is 35.5. The van der Waals surface area contributed by atoms with Crippen LogP contribution in [0.25, 0.3) is 5.69 Å². The molecule has 1 unspecified atom stereocenters. The van der Waals surface area contributed by atoms with E-state index in [0.29, 0.717) is 10.7 Å². The zero-order valence-corrected chi connectivity index (χ0v) is 14.2. The van der Waals surface area contributed by atoms with E-state index in [9.17, 15) is 4.79 Å². The van der Waals surface area contributed by atoms with E-state index in [1.807, 2.05) is 49.7 Å². The van der Waals surface area contributed by atoms with Gasteiger partial charge in [-0.2, -0.15) is 0 Å². The molecule has 1 atom stereocenters. The van der Waals surface area contributed by atoms with Crippen LogP contribution in [0.4, 0.5) is 0 Å². The van der Waals surface area contributed by atoms with Gasteiger partial charge in [0.05, 0.1) is 5.69 Å².